The van der Waals surface area contributed by atoms with Gasteiger partial charge in [0.25, 0.3) is 0 Å². The Hall–Kier alpha value is -1.77. The molecular formula is C16H17ClN4S. The third-order valence-electron chi connectivity index (χ3n) is 3.27. The maximum absolute atomic E-state index is 9.30. The van der Waals surface area contributed by atoms with E-state index in [1.165, 1.54) is 0 Å². The predicted octanol–water partition coefficient (Wildman–Crippen LogP) is 4.07. The molecule has 1 aromatic carbocycles. The van der Waals surface area contributed by atoms with Crippen molar-refractivity contribution >= 4 is 29.2 Å². The Morgan fingerprint density at radius 2 is 2.00 bits per heavy atom. The normalized spacial score (nSPS) is 11.9. The molecule has 0 aliphatic rings. The number of hydrogen-bond acceptors (Lipinski definition) is 5. The Labute approximate surface area is 139 Å². The Balaban J connectivity index is 2.35. The molecule has 0 spiro atoms. The zero-order valence-corrected chi connectivity index (χ0v) is 14.1. The highest BCUT2D eigenvalue weighted by atomic mass is 35.5. The van der Waals surface area contributed by atoms with Gasteiger partial charge in [0.05, 0.1) is 5.69 Å². The maximum atomic E-state index is 9.30. The average molecular weight is 333 g/mol. The molecule has 0 radical (unpaired) electrons. The zero-order valence-electron chi connectivity index (χ0n) is 12.5. The van der Waals surface area contributed by atoms with Gasteiger partial charge in [0, 0.05) is 16.7 Å². The Bertz CT molecular complexity index is 695. The van der Waals surface area contributed by atoms with Crippen LogP contribution in [0, 0.1) is 11.3 Å². The smallest absolute Gasteiger partial charge is 0.190 e. The summed E-state index contributed by atoms with van der Waals surface area (Å²) in [7, 11) is 0. The van der Waals surface area contributed by atoms with Crippen LogP contribution in [0.5, 0.6) is 0 Å². The second-order valence-corrected chi connectivity index (χ2v) is 6.81. The van der Waals surface area contributed by atoms with E-state index in [1.807, 2.05) is 24.3 Å². The van der Waals surface area contributed by atoms with Gasteiger partial charge in [-0.3, -0.25) is 0 Å². The fourth-order valence-electron chi connectivity index (χ4n) is 1.86. The molecule has 0 fully saturated rings. The van der Waals surface area contributed by atoms with Gasteiger partial charge in [0.15, 0.2) is 5.16 Å². The molecule has 1 heterocycles. The highest BCUT2D eigenvalue weighted by Crippen LogP contribution is 2.26. The van der Waals surface area contributed by atoms with Crippen LogP contribution in [0.15, 0.2) is 29.4 Å². The first kappa shape index (κ1) is 16.6. The number of aromatic nitrogens is 2. The molecule has 1 atom stereocenters. The van der Waals surface area contributed by atoms with Gasteiger partial charge in [-0.1, -0.05) is 49.3 Å². The summed E-state index contributed by atoms with van der Waals surface area (Å²) in [6.45, 7) is 4.22. The molecule has 0 aliphatic heterocycles. The van der Waals surface area contributed by atoms with Gasteiger partial charge >= 0.3 is 0 Å². The van der Waals surface area contributed by atoms with Gasteiger partial charge in [-0.25, -0.2) is 9.97 Å². The fourth-order valence-corrected chi connectivity index (χ4v) is 2.83. The minimum absolute atomic E-state index is 0.243. The molecule has 0 saturated heterocycles. The summed E-state index contributed by atoms with van der Waals surface area (Å²) in [5.74, 6) is 0.243. The number of hydrogen-bond donors (Lipinski definition) is 1. The average Bonchev–Trinajstić information content (AvgIpc) is 2.49. The molecule has 2 N–H and O–H groups in total. The second kappa shape index (κ2) is 7.48. The van der Waals surface area contributed by atoms with Crippen LogP contribution in [0.2, 0.25) is 5.02 Å². The minimum Gasteiger partial charge on any atom is -0.382 e. The number of rotatable bonds is 5. The molecule has 2 rings (SSSR count). The number of thioether (sulfide) groups is 1. The van der Waals surface area contributed by atoms with Crippen molar-refractivity contribution in [3.05, 3.63) is 46.1 Å². The lowest BCUT2D eigenvalue weighted by Gasteiger charge is -2.11. The van der Waals surface area contributed by atoms with Crippen LogP contribution in [0.3, 0.4) is 0 Å². The van der Waals surface area contributed by atoms with Crippen molar-refractivity contribution in [1.29, 1.82) is 5.26 Å². The largest absolute Gasteiger partial charge is 0.382 e. The van der Waals surface area contributed by atoms with Gasteiger partial charge < -0.3 is 5.73 Å². The fraction of sp³-hybridized carbons (Fsp3) is 0.312. The molecule has 114 valence electrons. The van der Waals surface area contributed by atoms with Crippen molar-refractivity contribution in [3.63, 3.8) is 0 Å². The van der Waals surface area contributed by atoms with Crippen LogP contribution in [0.25, 0.3) is 0 Å². The summed E-state index contributed by atoms with van der Waals surface area (Å²) in [5, 5.41) is 11.0. The third kappa shape index (κ3) is 4.12. The Kier molecular flexibility index (Phi) is 5.64. The second-order valence-electron chi connectivity index (χ2n) is 4.96. The molecule has 0 aliphatic carbocycles. The molecule has 0 amide bonds. The first-order valence-corrected chi connectivity index (χ1v) is 8.26. The van der Waals surface area contributed by atoms with Crippen LogP contribution >= 0.6 is 23.4 Å². The summed E-state index contributed by atoms with van der Waals surface area (Å²) in [4.78, 5) is 8.76. The van der Waals surface area contributed by atoms with Gasteiger partial charge in [-0.2, -0.15) is 5.26 Å². The number of nitrogen functional groups attached to an aromatic ring is 1. The maximum Gasteiger partial charge on any atom is 0.190 e. The standard InChI is InChI=1S/C16H17ClN4S/c1-3-10(2)22-16-20-14(13(9-18)15(19)21-16)8-11-4-6-12(17)7-5-11/h4-7,10H,3,8H2,1-2H3,(H2,19,20,21)/t10-/m1/s1. The van der Waals surface area contributed by atoms with Crippen LogP contribution in [-0.2, 0) is 6.42 Å². The van der Waals surface area contributed by atoms with Crippen LogP contribution in [0.4, 0.5) is 5.82 Å². The van der Waals surface area contributed by atoms with E-state index in [1.54, 1.807) is 11.8 Å². The SMILES string of the molecule is CC[C@@H](C)Sc1nc(N)c(C#N)c(Cc2ccc(Cl)cc2)n1. The lowest BCUT2D eigenvalue weighted by Crippen LogP contribution is -2.07. The molecular weight excluding hydrogens is 316 g/mol. The van der Waals surface area contributed by atoms with E-state index >= 15 is 0 Å². The number of halogens is 1. The summed E-state index contributed by atoms with van der Waals surface area (Å²) in [5.41, 5.74) is 7.95. The number of nitriles is 1. The van der Waals surface area contributed by atoms with E-state index in [9.17, 15) is 5.26 Å². The predicted molar refractivity (Wildman–Crippen MR) is 91.0 cm³/mol. The van der Waals surface area contributed by atoms with Crippen molar-refractivity contribution in [2.75, 3.05) is 5.73 Å². The number of nitrogens with zero attached hydrogens (tertiary/aromatic N) is 3. The molecule has 1 aromatic heterocycles. The van der Waals surface area contributed by atoms with E-state index in [2.05, 4.69) is 29.9 Å². The lowest BCUT2D eigenvalue weighted by molar-refractivity contribution is 0.867. The lowest BCUT2D eigenvalue weighted by atomic mass is 10.1. The quantitative estimate of drug-likeness (QED) is 0.660. The van der Waals surface area contributed by atoms with Gasteiger partial charge in [0.1, 0.15) is 17.5 Å². The van der Waals surface area contributed by atoms with E-state index in [4.69, 9.17) is 17.3 Å². The summed E-state index contributed by atoms with van der Waals surface area (Å²) in [6, 6.07) is 9.59. The molecule has 0 unspecified atom stereocenters. The highest BCUT2D eigenvalue weighted by molar-refractivity contribution is 7.99. The molecule has 2 aromatic rings. The topological polar surface area (TPSA) is 75.6 Å². The molecule has 22 heavy (non-hydrogen) atoms. The monoisotopic (exact) mass is 332 g/mol. The molecule has 0 saturated carbocycles. The third-order valence-corrected chi connectivity index (χ3v) is 4.65. The van der Waals surface area contributed by atoms with Crippen molar-refractivity contribution < 1.29 is 0 Å². The first-order valence-electron chi connectivity index (χ1n) is 7.01. The number of anilines is 1. The van der Waals surface area contributed by atoms with Gasteiger partial charge in [-0.15, -0.1) is 0 Å². The van der Waals surface area contributed by atoms with Crippen molar-refractivity contribution in [2.45, 2.75) is 37.1 Å². The Morgan fingerprint density at radius 1 is 1.32 bits per heavy atom. The van der Waals surface area contributed by atoms with Crippen LogP contribution in [0.1, 0.15) is 37.1 Å². The van der Waals surface area contributed by atoms with Crippen LogP contribution < -0.4 is 5.73 Å². The van der Waals surface area contributed by atoms with Gasteiger partial charge in [0.2, 0.25) is 0 Å². The van der Waals surface area contributed by atoms with E-state index < -0.39 is 0 Å². The first-order chi connectivity index (χ1) is 10.5. The van der Waals surface area contributed by atoms with Crippen molar-refractivity contribution in [1.82, 2.24) is 9.97 Å². The van der Waals surface area contributed by atoms with Crippen molar-refractivity contribution in [3.8, 4) is 6.07 Å². The van der Waals surface area contributed by atoms with Crippen molar-refractivity contribution in [2.24, 2.45) is 0 Å². The van der Waals surface area contributed by atoms with E-state index in [0.717, 1.165) is 12.0 Å². The minimum atomic E-state index is 0.243. The highest BCUT2D eigenvalue weighted by Gasteiger charge is 2.14. The number of nitrogens with two attached hydrogens (primary N) is 1. The Morgan fingerprint density at radius 3 is 2.59 bits per heavy atom. The van der Waals surface area contributed by atoms with Gasteiger partial charge in [-0.05, 0) is 24.1 Å². The zero-order chi connectivity index (χ0) is 16.1. The summed E-state index contributed by atoms with van der Waals surface area (Å²) in [6.07, 6.45) is 1.54. The van der Waals surface area contributed by atoms with E-state index in [-0.39, 0.29) is 5.82 Å². The number of benzene rings is 1. The summed E-state index contributed by atoms with van der Waals surface area (Å²) < 4.78 is 0. The molecule has 6 heteroatoms. The van der Waals surface area contributed by atoms with E-state index in [0.29, 0.717) is 33.1 Å². The molecule has 4 nitrogen and oxygen atoms in total. The van der Waals surface area contributed by atoms with Crippen LogP contribution in [-0.4, -0.2) is 15.2 Å². The molecule has 0 bridgehead atoms. The summed E-state index contributed by atoms with van der Waals surface area (Å²) >= 11 is 7.47.